The van der Waals surface area contributed by atoms with Gasteiger partial charge in [0.25, 0.3) is 0 Å². The maximum atomic E-state index is 13.2. The first kappa shape index (κ1) is 23.3. The molecule has 1 unspecified atom stereocenters. The van der Waals surface area contributed by atoms with Crippen LogP contribution in [0.15, 0.2) is 48.5 Å². The van der Waals surface area contributed by atoms with Gasteiger partial charge in [0.1, 0.15) is 6.04 Å². The summed E-state index contributed by atoms with van der Waals surface area (Å²) in [4.78, 5) is 41.1. The Hall–Kier alpha value is -3.35. The summed E-state index contributed by atoms with van der Waals surface area (Å²) < 4.78 is 5.00. The van der Waals surface area contributed by atoms with Crippen molar-refractivity contribution in [2.45, 2.75) is 46.2 Å². The highest BCUT2D eigenvalue weighted by atomic mass is 16.6. The Labute approximate surface area is 189 Å². The predicted molar refractivity (Wildman–Crippen MR) is 124 cm³/mol. The Kier molecular flexibility index (Phi) is 7.51. The maximum Gasteiger partial charge on any atom is 0.413 e. The Bertz CT molecular complexity index is 971. The molecular weight excluding hydrogens is 406 g/mol. The number of amides is 3. The molecular formula is C25H31N3O4. The van der Waals surface area contributed by atoms with Crippen LogP contribution in [0, 0.1) is 5.92 Å². The van der Waals surface area contributed by atoms with E-state index in [0.29, 0.717) is 37.4 Å². The van der Waals surface area contributed by atoms with Crippen LogP contribution >= 0.6 is 0 Å². The molecule has 32 heavy (non-hydrogen) atoms. The summed E-state index contributed by atoms with van der Waals surface area (Å²) in [6.07, 6.45) is 0.445. The zero-order chi connectivity index (χ0) is 23.3. The molecule has 7 nitrogen and oxygen atoms in total. The molecule has 2 aromatic carbocycles. The third-order valence-electron chi connectivity index (χ3n) is 5.52. The van der Waals surface area contributed by atoms with E-state index >= 15 is 0 Å². The van der Waals surface area contributed by atoms with Gasteiger partial charge in [-0.05, 0) is 48.2 Å². The standard InChI is InChI=1S/C25H31N3O4/c1-5-32-25(31)27(4)21-12-10-20(11-13-21)26-24(30)22-15-18-8-6-7-9-19(18)16-28(22)23(29)14-17(2)3/h6-13,17,22H,5,14-16H2,1-4H3,(H,26,30). The van der Waals surface area contributed by atoms with Crippen LogP contribution in [-0.4, -0.2) is 42.5 Å². The fourth-order valence-electron chi connectivity index (χ4n) is 3.81. The SMILES string of the molecule is CCOC(=O)N(C)c1ccc(NC(=O)C2Cc3ccccc3CN2C(=O)CC(C)C)cc1. The van der Waals surface area contributed by atoms with Gasteiger partial charge in [0.15, 0.2) is 0 Å². The van der Waals surface area contributed by atoms with Gasteiger partial charge >= 0.3 is 6.09 Å². The summed E-state index contributed by atoms with van der Waals surface area (Å²) in [6, 6.07) is 14.3. The van der Waals surface area contributed by atoms with E-state index in [1.165, 1.54) is 4.90 Å². The minimum absolute atomic E-state index is 0.0129. The first-order valence-corrected chi connectivity index (χ1v) is 11.0. The second kappa shape index (κ2) is 10.3. The van der Waals surface area contributed by atoms with Gasteiger partial charge in [-0.3, -0.25) is 14.5 Å². The van der Waals surface area contributed by atoms with E-state index in [4.69, 9.17) is 4.74 Å². The summed E-state index contributed by atoms with van der Waals surface area (Å²) >= 11 is 0. The molecule has 0 aliphatic carbocycles. The minimum atomic E-state index is -0.571. The normalized spacial score (nSPS) is 15.2. The average molecular weight is 438 g/mol. The summed E-state index contributed by atoms with van der Waals surface area (Å²) in [5.74, 6) is -0.0171. The van der Waals surface area contributed by atoms with Gasteiger partial charge < -0.3 is 15.0 Å². The van der Waals surface area contributed by atoms with Crippen LogP contribution in [0.25, 0.3) is 0 Å². The molecule has 1 atom stereocenters. The number of ether oxygens (including phenoxy) is 1. The molecule has 0 radical (unpaired) electrons. The van der Waals surface area contributed by atoms with Crippen LogP contribution in [0.2, 0.25) is 0 Å². The molecule has 2 aromatic rings. The largest absolute Gasteiger partial charge is 0.449 e. The number of nitrogens with zero attached hydrogens (tertiary/aromatic N) is 2. The topological polar surface area (TPSA) is 79.0 Å². The highest BCUT2D eigenvalue weighted by Gasteiger charge is 2.34. The molecule has 0 spiro atoms. The van der Waals surface area contributed by atoms with Crippen LogP contribution in [0.4, 0.5) is 16.2 Å². The van der Waals surface area contributed by atoms with Gasteiger partial charge in [-0.25, -0.2) is 4.79 Å². The Balaban J connectivity index is 1.75. The van der Waals surface area contributed by atoms with Crippen molar-refractivity contribution in [1.29, 1.82) is 0 Å². The van der Waals surface area contributed by atoms with E-state index in [1.54, 1.807) is 43.1 Å². The monoisotopic (exact) mass is 437 g/mol. The number of rotatable bonds is 6. The fraction of sp³-hybridized carbons (Fsp3) is 0.400. The second-order valence-corrected chi connectivity index (χ2v) is 8.40. The number of benzene rings is 2. The molecule has 0 fully saturated rings. The van der Waals surface area contributed by atoms with Gasteiger partial charge in [-0.15, -0.1) is 0 Å². The second-order valence-electron chi connectivity index (χ2n) is 8.40. The van der Waals surface area contributed by atoms with Crippen molar-refractivity contribution in [3.05, 3.63) is 59.7 Å². The third kappa shape index (κ3) is 5.46. The van der Waals surface area contributed by atoms with Crippen molar-refractivity contribution >= 4 is 29.3 Å². The lowest BCUT2D eigenvalue weighted by Crippen LogP contribution is -2.50. The van der Waals surface area contributed by atoms with Crippen molar-refractivity contribution < 1.29 is 19.1 Å². The number of hydrogen-bond acceptors (Lipinski definition) is 4. The molecule has 0 saturated heterocycles. The first-order chi connectivity index (χ1) is 15.3. The molecule has 3 rings (SSSR count). The molecule has 3 amide bonds. The first-order valence-electron chi connectivity index (χ1n) is 11.0. The molecule has 0 saturated carbocycles. The van der Waals surface area contributed by atoms with Crippen LogP contribution in [0.5, 0.6) is 0 Å². The van der Waals surface area contributed by atoms with E-state index < -0.39 is 12.1 Å². The molecule has 0 bridgehead atoms. The van der Waals surface area contributed by atoms with Gasteiger partial charge in [0.05, 0.1) is 6.61 Å². The van der Waals surface area contributed by atoms with Crippen molar-refractivity contribution in [2.75, 3.05) is 23.9 Å². The fourth-order valence-corrected chi connectivity index (χ4v) is 3.81. The summed E-state index contributed by atoms with van der Waals surface area (Å²) in [7, 11) is 1.63. The van der Waals surface area contributed by atoms with Gasteiger partial charge in [0, 0.05) is 37.8 Å². The van der Waals surface area contributed by atoms with Crippen LogP contribution in [0.3, 0.4) is 0 Å². The number of carbonyl (C=O) groups is 3. The molecule has 1 heterocycles. The van der Waals surface area contributed by atoms with E-state index in [1.807, 2.05) is 38.1 Å². The van der Waals surface area contributed by atoms with E-state index in [2.05, 4.69) is 5.32 Å². The molecule has 1 N–H and O–H groups in total. The number of anilines is 2. The molecule has 170 valence electrons. The van der Waals surface area contributed by atoms with Crippen molar-refractivity contribution in [1.82, 2.24) is 4.90 Å². The lowest BCUT2D eigenvalue weighted by atomic mass is 9.92. The Morgan fingerprint density at radius 3 is 2.38 bits per heavy atom. The van der Waals surface area contributed by atoms with E-state index in [-0.39, 0.29) is 17.7 Å². The Morgan fingerprint density at radius 2 is 1.75 bits per heavy atom. The minimum Gasteiger partial charge on any atom is -0.449 e. The average Bonchev–Trinajstić information content (AvgIpc) is 2.77. The lowest BCUT2D eigenvalue weighted by Gasteiger charge is -2.36. The highest BCUT2D eigenvalue weighted by molar-refractivity contribution is 5.98. The molecule has 1 aliphatic heterocycles. The Morgan fingerprint density at radius 1 is 1.09 bits per heavy atom. The number of nitrogens with one attached hydrogen (secondary N) is 1. The number of carbonyl (C=O) groups excluding carboxylic acids is 3. The van der Waals surface area contributed by atoms with Crippen LogP contribution in [0.1, 0.15) is 38.3 Å². The summed E-state index contributed by atoms with van der Waals surface area (Å²) in [5, 5.41) is 2.93. The molecule has 0 aromatic heterocycles. The maximum absolute atomic E-state index is 13.2. The van der Waals surface area contributed by atoms with Crippen molar-refractivity contribution in [3.8, 4) is 0 Å². The van der Waals surface area contributed by atoms with Gasteiger partial charge in [-0.1, -0.05) is 38.1 Å². The number of fused-ring (bicyclic) bond motifs is 1. The van der Waals surface area contributed by atoms with Crippen LogP contribution < -0.4 is 10.2 Å². The molecule has 1 aliphatic rings. The van der Waals surface area contributed by atoms with Crippen molar-refractivity contribution in [2.24, 2.45) is 5.92 Å². The zero-order valence-electron chi connectivity index (χ0n) is 19.1. The van der Waals surface area contributed by atoms with E-state index in [0.717, 1.165) is 11.1 Å². The third-order valence-corrected chi connectivity index (χ3v) is 5.52. The summed E-state index contributed by atoms with van der Waals surface area (Å²) in [6.45, 7) is 6.49. The number of hydrogen-bond donors (Lipinski definition) is 1. The smallest absolute Gasteiger partial charge is 0.413 e. The quantitative estimate of drug-likeness (QED) is 0.734. The van der Waals surface area contributed by atoms with Crippen molar-refractivity contribution in [3.63, 3.8) is 0 Å². The highest BCUT2D eigenvalue weighted by Crippen LogP contribution is 2.26. The van der Waals surface area contributed by atoms with Gasteiger partial charge in [-0.2, -0.15) is 0 Å². The molecule has 7 heteroatoms. The van der Waals surface area contributed by atoms with Crippen LogP contribution in [-0.2, 0) is 27.3 Å². The summed E-state index contributed by atoms with van der Waals surface area (Å²) in [5.41, 5.74) is 3.43. The lowest BCUT2D eigenvalue weighted by molar-refractivity contribution is -0.140. The van der Waals surface area contributed by atoms with E-state index in [9.17, 15) is 14.4 Å². The zero-order valence-corrected chi connectivity index (χ0v) is 19.1. The predicted octanol–water partition coefficient (Wildman–Crippen LogP) is 4.22. The van der Waals surface area contributed by atoms with Gasteiger partial charge in [0.2, 0.25) is 11.8 Å².